The van der Waals surface area contributed by atoms with Crippen molar-refractivity contribution in [3.05, 3.63) is 199 Å². The van der Waals surface area contributed by atoms with Crippen LogP contribution in [0.15, 0.2) is 191 Å². The molecule has 1 aliphatic carbocycles. The van der Waals surface area contributed by atoms with Gasteiger partial charge in [0, 0.05) is 49.9 Å². The van der Waals surface area contributed by atoms with Gasteiger partial charge in [-0.2, -0.15) is 0 Å². The number of furan rings is 2. The largest absolute Gasteiger partial charge is 0.466 e. The fourth-order valence-corrected chi connectivity index (χ4v) is 20.2. The molecule has 0 fully saturated rings. The highest BCUT2D eigenvalue weighted by Gasteiger charge is 2.59. The molecule has 0 radical (unpaired) electrons. The van der Waals surface area contributed by atoms with Crippen molar-refractivity contribution < 1.29 is 8.83 Å². The van der Waals surface area contributed by atoms with E-state index in [0.717, 1.165) is 74.0 Å². The molecule has 5 aliphatic rings. The minimum absolute atomic E-state index is 0.00569. The van der Waals surface area contributed by atoms with Gasteiger partial charge >= 0.3 is 6.85 Å². The number of para-hydroxylation sites is 3. The Bertz CT molecular complexity index is 4240. The topological polar surface area (TPSA) is 32.8 Å². The van der Waals surface area contributed by atoms with Crippen LogP contribution in [0, 0.1) is 0 Å². The molecule has 6 heterocycles. The second-order valence-electron chi connectivity index (χ2n) is 24.2. The van der Waals surface area contributed by atoms with Crippen molar-refractivity contribution in [2.45, 2.75) is 77.6 Å². The van der Waals surface area contributed by atoms with Crippen molar-refractivity contribution in [3.8, 4) is 33.4 Å². The van der Waals surface area contributed by atoms with Gasteiger partial charge in [-0.05, 0) is 131 Å². The molecular weight excluding hydrogens is 916 g/mol. The second-order valence-corrected chi connectivity index (χ2v) is 27.8. The maximum absolute atomic E-state index is 7.87. The molecule has 1 spiro atoms. The van der Waals surface area contributed by atoms with E-state index in [1.54, 1.807) is 0 Å². The van der Waals surface area contributed by atoms with Crippen molar-refractivity contribution >= 4 is 108 Å². The number of anilines is 5. The first-order valence-corrected chi connectivity index (χ1v) is 28.7. The molecule has 356 valence electrons. The minimum Gasteiger partial charge on any atom is -0.466 e. The lowest BCUT2D eigenvalue weighted by atomic mass is 9.45. The fraction of sp³-hybridized carbons (Fsp3) is 0.176. The molecule has 6 heteroatoms. The van der Waals surface area contributed by atoms with Crippen LogP contribution in [0.25, 0.3) is 66.3 Å². The smallest absolute Gasteiger partial charge is 0.376 e. The lowest BCUT2D eigenvalue weighted by Gasteiger charge is -2.50. The van der Waals surface area contributed by atoms with E-state index in [0.29, 0.717) is 0 Å². The van der Waals surface area contributed by atoms with Gasteiger partial charge < -0.3 is 18.5 Å². The van der Waals surface area contributed by atoms with E-state index in [-0.39, 0.29) is 23.1 Å². The molecule has 0 saturated carbocycles. The van der Waals surface area contributed by atoms with Crippen LogP contribution in [0.4, 0.5) is 28.4 Å². The molecule has 0 saturated heterocycles. The zero-order valence-corrected chi connectivity index (χ0v) is 44.0. The van der Waals surface area contributed by atoms with Crippen LogP contribution >= 0.6 is 0 Å². The zero-order chi connectivity index (χ0) is 49.8. The molecule has 0 atom stereocenters. The summed E-state index contributed by atoms with van der Waals surface area (Å²) in [6.07, 6.45) is 2.25. The summed E-state index contributed by atoms with van der Waals surface area (Å²) < 4.78 is 15.2. The van der Waals surface area contributed by atoms with E-state index in [4.69, 9.17) is 8.83 Å². The quantitative estimate of drug-likeness (QED) is 0.162. The highest BCUT2D eigenvalue weighted by atomic mass is 28.3. The molecule has 16 rings (SSSR count). The van der Waals surface area contributed by atoms with E-state index < -0.39 is 8.07 Å². The van der Waals surface area contributed by atoms with E-state index in [9.17, 15) is 0 Å². The van der Waals surface area contributed by atoms with Crippen LogP contribution in [-0.2, 0) is 16.2 Å². The number of nitrogens with zero attached hydrogens (tertiary/aromatic N) is 2. The summed E-state index contributed by atoms with van der Waals surface area (Å²) in [5, 5.41) is 9.13. The van der Waals surface area contributed by atoms with Gasteiger partial charge in [-0.3, -0.25) is 0 Å². The summed E-state index contributed by atoms with van der Waals surface area (Å²) in [7, 11) is -2.93. The van der Waals surface area contributed by atoms with Crippen molar-refractivity contribution in [1.82, 2.24) is 0 Å². The average molecular weight is 971 g/mol. The molecule has 0 N–H and O–H groups in total. The highest BCUT2D eigenvalue weighted by molar-refractivity contribution is 7.24. The summed E-state index contributed by atoms with van der Waals surface area (Å²) in [6, 6.07) is 69.5. The third-order valence-corrected chi connectivity index (χ3v) is 23.2. The molecule has 0 bridgehead atoms. The molecular formula is C68H55BN2O2Si. The van der Waals surface area contributed by atoms with Crippen molar-refractivity contribution in [3.63, 3.8) is 0 Å². The first-order valence-electron chi connectivity index (χ1n) is 26.7. The lowest BCUT2D eigenvalue weighted by Crippen LogP contribution is -2.78. The van der Waals surface area contributed by atoms with Crippen molar-refractivity contribution in [2.24, 2.45) is 0 Å². The van der Waals surface area contributed by atoms with E-state index in [1.165, 1.54) is 82.1 Å². The predicted octanol–water partition coefficient (Wildman–Crippen LogP) is 14.0. The van der Waals surface area contributed by atoms with Crippen molar-refractivity contribution in [2.75, 3.05) is 9.71 Å². The monoisotopic (exact) mass is 970 g/mol. The van der Waals surface area contributed by atoms with E-state index in [2.05, 4.69) is 240 Å². The first-order chi connectivity index (χ1) is 35.8. The summed E-state index contributed by atoms with van der Waals surface area (Å²) in [5.74, 6) is 0. The van der Waals surface area contributed by atoms with Crippen LogP contribution in [0.5, 0.6) is 0 Å². The predicted molar refractivity (Wildman–Crippen MR) is 313 cm³/mol. The van der Waals surface area contributed by atoms with Gasteiger partial charge in [0.2, 0.25) is 0 Å². The van der Waals surface area contributed by atoms with Gasteiger partial charge in [0.05, 0.1) is 11.4 Å². The molecule has 0 unspecified atom stereocenters. The average Bonchev–Trinajstić information content (AvgIpc) is 4.13. The minimum atomic E-state index is -2.93. The van der Waals surface area contributed by atoms with Crippen molar-refractivity contribution in [1.29, 1.82) is 0 Å². The summed E-state index contributed by atoms with van der Waals surface area (Å²) in [4.78, 5) is 5.33. The maximum atomic E-state index is 7.87. The Hall–Kier alpha value is -7.80. The standard InChI is InChI=1S/C68H55BN2O2Si/c1-66(2,3)41-32-33-51(46(36-41)40-20-9-8-10-21-40)70-53-38-47-42-22-11-15-27-54(42)72-64(47)60-45-25-19-31-59-62(45)71(52-26-14-18-30-58(52)74(59)56-28-16-12-23-43(56)44-24-13-17-29-57(44)74)69(61(53)60)65-63(70)48-37-49-50(39-55(48)73-65)68(6,7)35-34-67(49,4)5/h8-33,36-39H,34-35H2,1-7H3. The molecule has 2 aromatic heterocycles. The van der Waals surface area contributed by atoms with Crippen LogP contribution in [0.2, 0.25) is 0 Å². The van der Waals surface area contributed by atoms with Gasteiger partial charge in [-0.25, -0.2) is 0 Å². The molecule has 11 aromatic rings. The van der Waals surface area contributed by atoms with Gasteiger partial charge in [-0.15, -0.1) is 0 Å². The normalized spacial score (nSPS) is 16.7. The Kier molecular flexibility index (Phi) is 8.23. The van der Waals surface area contributed by atoms with Gasteiger partial charge in [0.1, 0.15) is 22.4 Å². The number of rotatable bonds is 2. The molecule has 4 aliphatic heterocycles. The third-order valence-electron chi connectivity index (χ3n) is 18.3. The highest BCUT2D eigenvalue weighted by Crippen LogP contribution is 2.56. The fourth-order valence-electron chi connectivity index (χ4n) is 14.6. The second kappa shape index (κ2) is 14.3. The van der Waals surface area contributed by atoms with Crippen LogP contribution < -0.4 is 41.6 Å². The Morgan fingerprint density at radius 2 is 1.12 bits per heavy atom. The lowest BCUT2D eigenvalue weighted by molar-refractivity contribution is 0.332. The first kappa shape index (κ1) is 42.7. The number of hydrogen-bond acceptors (Lipinski definition) is 4. The van der Waals surface area contributed by atoms with Gasteiger partial charge in [0.15, 0.2) is 8.07 Å². The van der Waals surface area contributed by atoms with E-state index >= 15 is 0 Å². The number of fused-ring (bicyclic) bond motifs is 20. The SMILES string of the molecule is CC(C)(C)c1ccc(N2c3cc4c(oc5ccccc54)c4c3B(c3oc5cc6c(cc5c32)C(C)(C)CCC6(C)C)N2c3ccccc3[Si]3(c5ccccc5-c5ccccc53)c3cccc-4c32)c(-c2ccccc2)c1. The number of benzene rings is 9. The zero-order valence-electron chi connectivity index (χ0n) is 43.0. The number of hydrogen-bond donors (Lipinski definition) is 0. The Balaban J connectivity index is 1.11. The Labute approximate surface area is 434 Å². The van der Waals surface area contributed by atoms with E-state index in [1.807, 2.05) is 0 Å². The molecule has 74 heavy (non-hydrogen) atoms. The summed E-state index contributed by atoms with van der Waals surface area (Å²) >= 11 is 0. The summed E-state index contributed by atoms with van der Waals surface area (Å²) in [6.45, 7) is 16.4. The third kappa shape index (κ3) is 5.29. The Morgan fingerprint density at radius 3 is 1.86 bits per heavy atom. The van der Waals surface area contributed by atoms with Gasteiger partial charge in [0.25, 0.3) is 0 Å². The molecule has 0 amide bonds. The summed E-state index contributed by atoms with van der Waals surface area (Å²) in [5.41, 5.74) is 22.3. The van der Waals surface area contributed by atoms with Crippen LogP contribution in [0.3, 0.4) is 0 Å². The van der Waals surface area contributed by atoms with Crippen LogP contribution in [0.1, 0.15) is 78.0 Å². The molecule has 4 nitrogen and oxygen atoms in total. The van der Waals surface area contributed by atoms with Crippen LogP contribution in [-0.4, -0.2) is 14.9 Å². The molecule has 9 aromatic carbocycles. The van der Waals surface area contributed by atoms with Gasteiger partial charge in [-0.1, -0.05) is 188 Å². The Morgan fingerprint density at radius 1 is 0.486 bits per heavy atom. The maximum Gasteiger partial charge on any atom is 0.376 e.